The quantitative estimate of drug-likeness (QED) is 0.724. The van der Waals surface area contributed by atoms with Gasteiger partial charge in [-0.25, -0.2) is 4.79 Å². The first-order valence-electron chi connectivity index (χ1n) is 7.79. The minimum atomic E-state index is -0.392. The van der Waals surface area contributed by atoms with Gasteiger partial charge in [-0.2, -0.15) is 0 Å². The molecule has 3 heteroatoms. The van der Waals surface area contributed by atoms with Crippen LogP contribution in [-0.2, 0) is 4.74 Å². The van der Waals surface area contributed by atoms with Crippen molar-refractivity contribution in [1.29, 1.82) is 0 Å². The smallest absolute Gasteiger partial charge is 0.410 e. The van der Waals surface area contributed by atoms with Gasteiger partial charge in [-0.3, -0.25) is 0 Å². The van der Waals surface area contributed by atoms with Crippen LogP contribution in [0.4, 0.5) is 4.79 Å². The van der Waals surface area contributed by atoms with E-state index in [-0.39, 0.29) is 6.09 Å². The van der Waals surface area contributed by atoms with Crippen LogP contribution >= 0.6 is 0 Å². The van der Waals surface area contributed by atoms with Gasteiger partial charge < -0.3 is 9.64 Å². The fourth-order valence-corrected chi connectivity index (χ4v) is 4.98. The Labute approximate surface area is 116 Å². The van der Waals surface area contributed by atoms with E-state index in [0.29, 0.717) is 6.04 Å². The molecule has 3 nitrogen and oxygen atoms in total. The van der Waals surface area contributed by atoms with Gasteiger partial charge in [0.1, 0.15) is 5.60 Å². The number of rotatable bonds is 1. The predicted octanol–water partition coefficient (Wildman–Crippen LogP) is 3.68. The lowest BCUT2D eigenvalue weighted by molar-refractivity contribution is -0.0632. The van der Waals surface area contributed by atoms with Crippen LogP contribution in [0.1, 0.15) is 52.9 Å². The maximum Gasteiger partial charge on any atom is 0.410 e. The Morgan fingerprint density at radius 3 is 1.89 bits per heavy atom. The Morgan fingerprint density at radius 2 is 1.47 bits per heavy atom. The molecule has 108 valence electrons. The molecule has 4 rings (SSSR count). The molecule has 0 saturated heterocycles. The van der Waals surface area contributed by atoms with Crippen LogP contribution < -0.4 is 0 Å². The molecule has 0 spiro atoms. The van der Waals surface area contributed by atoms with Crippen molar-refractivity contribution in [3.63, 3.8) is 0 Å². The zero-order valence-electron chi connectivity index (χ0n) is 12.7. The summed E-state index contributed by atoms with van der Waals surface area (Å²) in [4.78, 5) is 14.2. The average Bonchev–Trinajstić information content (AvgIpc) is 2.24. The number of ether oxygens (including phenoxy) is 1. The van der Waals surface area contributed by atoms with Crippen molar-refractivity contribution in [3.8, 4) is 0 Å². The molecule has 0 atom stereocenters. The molecule has 1 amide bonds. The van der Waals surface area contributed by atoms with E-state index in [9.17, 15) is 4.79 Å². The molecule has 4 fully saturated rings. The van der Waals surface area contributed by atoms with E-state index in [1.807, 2.05) is 32.7 Å². The Bertz CT molecular complexity index is 343. The Hall–Kier alpha value is -0.730. The van der Waals surface area contributed by atoms with Gasteiger partial charge in [-0.15, -0.1) is 0 Å². The van der Waals surface area contributed by atoms with Crippen molar-refractivity contribution in [1.82, 2.24) is 4.90 Å². The topological polar surface area (TPSA) is 29.5 Å². The molecule has 4 saturated carbocycles. The molecular formula is C16H27NO2. The fraction of sp³-hybridized carbons (Fsp3) is 0.938. The van der Waals surface area contributed by atoms with Gasteiger partial charge >= 0.3 is 6.09 Å². The minimum absolute atomic E-state index is 0.134. The summed E-state index contributed by atoms with van der Waals surface area (Å²) < 4.78 is 5.54. The van der Waals surface area contributed by atoms with E-state index in [2.05, 4.69) is 0 Å². The number of nitrogens with zero attached hydrogens (tertiary/aromatic N) is 1. The Balaban J connectivity index is 1.70. The molecule has 0 aliphatic heterocycles. The third kappa shape index (κ3) is 2.48. The van der Waals surface area contributed by atoms with Crippen molar-refractivity contribution in [2.45, 2.75) is 64.5 Å². The summed E-state index contributed by atoms with van der Waals surface area (Å²) in [5.41, 5.74) is -0.392. The third-order valence-electron chi connectivity index (χ3n) is 5.31. The summed E-state index contributed by atoms with van der Waals surface area (Å²) in [5.74, 6) is 3.36. The first-order chi connectivity index (χ1) is 8.83. The molecule has 0 aromatic rings. The molecule has 0 N–H and O–H groups in total. The Morgan fingerprint density at radius 1 is 1.00 bits per heavy atom. The van der Waals surface area contributed by atoms with Gasteiger partial charge in [0.15, 0.2) is 0 Å². The molecule has 0 heterocycles. The number of hydrogen-bond acceptors (Lipinski definition) is 2. The van der Waals surface area contributed by atoms with Gasteiger partial charge in [-0.1, -0.05) is 0 Å². The van der Waals surface area contributed by atoms with Gasteiger partial charge in [0.05, 0.1) is 0 Å². The first-order valence-corrected chi connectivity index (χ1v) is 7.79. The first kappa shape index (κ1) is 13.3. The number of carbonyl (C=O) groups excluding carboxylic acids is 1. The predicted molar refractivity (Wildman–Crippen MR) is 74.8 cm³/mol. The van der Waals surface area contributed by atoms with Crippen molar-refractivity contribution >= 4 is 6.09 Å². The maximum absolute atomic E-state index is 12.3. The van der Waals surface area contributed by atoms with Gasteiger partial charge in [0.2, 0.25) is 0 Å². The van der Waals surface area contributed by atoms with Crippen LogP contribution in [0.15, 0.2) is 0 Å². The van der Waals surface area contributed by atoms with E-state index in [4.69, 9.17) is 4.74 Å². The lowest BCUT2D eigenvalue weighted by Crippen LogP contribution is -2.56. The summed E-state index contributed by atoms with van der Waals surface area (Å²) in [6.07, 6.45) is 6.67. The summed E-state index contributed by atoms with van der Waals surface area (Å²) in [6.45, 7) is 5.82. The Kier molecular flexibility index (Phi) is 3.06. The highest BCUT2D eigenvalue weighted by Crippen LogP contribution is 2.55. The zero-order valence-corrected chi connectivity index (χ0v) is 12.7. The molecule has 4 aliphatic carbocycles. The third-order valence-corrected chi connectivity index (χ3v) is 5.31. The van der Waals surface area contributed by atoms with Crippen molar-refractivity contribution < 1.29 is 9.53 Å². The van der Waals surface area contributed by atoms with Crippen molar-refractivity contribution in [3.05, 3.63) is 0 Å². The van der Waals surface area contributed by atoms with Crippen LogP contribution in [0.2, 0.25) is 0 Å². The summed E-state index contributed by atoms with van der Waals surface area (Å²) in [7, 11) is 1.95. The highest BCUT2D eigenvalue weighted by molar-refractivity contribution is 5.68. The van der Waals surface area contributed by atoms with E-state index in [1.165, 1.54) is 32.1 Å². The van der Waals surface area contributed by atoms with Gasteiger partial charge in [0, 0.05) is 13.1 Å². The van der Waals surface area contributed by atoms with Crippen LogP contribution in [0.3, 0.4) is 0 Å². The van der Waals surface area contributed by atoms with Crippen molar-refractivity contribution in [2.24, 2.45) is 23.7 Å². The maximum atomic E-state index is 12.3. The standard InChI is InChI=1S/C16H27NO2/c1-16(2,3)19-15(18)17(4)14-12-6-10-5-11(8-12)9-13(14)7-10/h10-14H,5-9H2,1-4H3. The largest absolute Gasteiger partial charge is 0.444 e. The minimum Gasteiger partial charge on any atom is -0.444 e. The number of hydrogen-bond donors (Lipinski definition) is 0. The molecule has 0 unspecified atom stereocenters. The summed E-state index contributed by atoms with van der Waals surface area (Å²) in [5, 5.41) is 0. The molecule has 0 aromatic carbocycles. The SMILES string of the molecule is CN(C(=O)OC(C)(C)C)C1C2CC3CC(C2)CC1C3. The molecule has 19 heavy (non-hydrogen) atoms. The number of carbonyl (C=O) groups is 1. The van der Waals surface area contributed by atoms with E-state index < -0.39 is 5.60 Å². The van der Waals surface area contributed by atoms with Gasteiger partial charge in [-0.05, 0) is 76.5 Å². The second kappa shape index (κ2) is 4.39. The average molecular weight is 265 g/mol. The normalized spacial score (nSPS) is 40.3. The van der Waals surface area contributed by atoms with Crippen LogP contribution in [0.5, 0.6) is 0 Å². The molecule has 0 aromatic heterocycles. The summed E-state index contributed by atoms with van der Waals surface area (Å²) in [6, 6.07) is 0.433. The van der Waals surface area contributed by atoms with Crippen molar-refractivity contribution in [2.75, 3.05) is 7.05 Å². The second-order valence-corrected chi connectivity index (χ2v) is 8.01. The summed E-state index contributed by atoms with van der Waals surface area (Å²) >= 11 is 0. The fourth-order valence-electron chi connectivity index (χ4n) is 4.98. The molecule has 4 aliphatic rings. The molecule has 0 radical (unpaired) electrons. The molecule has 4 bridgehead atoms. The second-order valence-electron chi connectivity index (χ2n) is 8.01. The van der Waals surface area contributed by atoms with Crippen LogP contribution in [0.25, 0.3) is 0 Å². The lowest BCUT2D eigenvalue weighted by Gasteiger charge is -2.56. The highest BCUT2D eigenvalue weighted by atomic mass is 16.6. The zero-order chi connectivity index (χ0) is 13.8. The monoisotopic (exact) mass is 265 g/mol. The van der Waals surface area contributed by atoms with Gasteiger partial charge in [0.25, 0.3) is 0 Å². The highest BCUT2D eigenvalue weighted by Gasteiger charge is 2.50. The van der Waals surface area contributed by atoms with E-state index in [0.717, 1.165) is 23.7 Å². The van der Waals surface area contributed by atoms with Crippen LogP contribution in [-0.4, -0.2) is 29.7 Å². The molecular weight excluding hydrogens is 238 g/mol. The lowest BCUT2D eigenvalue weighted by atomic mass is 9.54. The van der Waals surface area contributed by atoms with Crippen LogP contribution in [0, 0.1) is 23.7 Å². The van der Waals surface area contributed by atoms with E-state index >= 15 is 0 Å². The van der Waals surface area contributed by atoms with E-state index in [1.54, 1.807) is 0 Å². The number of amides is 1.